The molecule has 5 rings (SSSR count). The number of hydrogen-bond acceptors (Lipinski definition) is 5. The van der Waals surface area contributed by atoms with Crippen molar-refractivity contribution >= 4 is 29.0 Å². The highest BCUT2D eigenvalue weighted by molar-refractivity contribution is 7.80. The summed E-state index contributed by atoms with van der Waals surface area (Å²) < 4.78 is 11.4. The molecule has 35 heavy (non-hydrogen) atoms. The third-order valence-corrected chi connectivity index (χ3v) is 6.70. The molecule has 0 bridgehead atoms. The van der Waals surface area contributed by atoms with Crippen LogP contribution in [0.25, 0.3) is 11.3 Å². The number of rotatable bonds is 5. The Morgan fingerprint density at radius 3 is 2.57 bits per heavy atom. The van der Waals surface area contributed by atoms with E-state index in [-0.39, 0.29) is 12.1 Å². The van der Waals surface area contributed by atoms with Crippen LogP contribution in [0.4, 0.5) is 5.69 Å². The van der Waals surface area contributed by atoms with Gasteiger partial charge in [0.1, 0.15) is 17.6 Å². The molecule has 0 amide bonds. The van der Waals surface area contributed by atoms with Gasteiger partial charge in [0.05, 0.1) is 24.4 Å². The molecule has 0 saturated carbocycles. The van der Waals surface area contributed by atoms with Crippen LogP contribution >= 0.6 is 12.2 Å². The van der Waals surface area contributed by atoms with Gasteiger partial charge in [-0.3, -0.25) is 4.98 Å². The molecule has 4 aromatic rings. The summed E-state index contributed by atoms with van der Waals surface area (Å²) in [6.45, 7) is 4.18. The lowest BCUT2D eigenvalue weighted by atomic mass is 10.0. The van der Waals surface area contributed by atoms with Gasteiger partial charge in [-0.05, 0) is 79.7 Å². The van der Waals surface area contributed by atoms with Crippen LogP contribution in [0.1, 0.15) is 45.0 Å². The van der Waals surface area contributed by atoms with E-state index in [1.54, 1.807) is 18.3 Å². The monoisotopic (exact) mass is 483 g/mol. The predicted octanol–water partition coefficient (Wildman–Crippen LogP) is 5.92. The third-order valence-electron chi connectivity index (χ3n) is 6.38. The van der Waals surface area contributed by atoms with Gasteiger partial charge in [-0.1, -0.05) is 30.3 Å². The maximum Gasteiger partial charge on any atom is 0.338 e. The van der Waals surface area contributed by atoms with Gasteiger partial charge < -0.3 is 19.4 Å². The van der Waals surface area contributed by atoms with Gasteiger partial charge in [-0.2, -0.15) is 0 Å². The number of carbonyl (C=O) groups is 1. The van der Waals surface area contributed by atoms with Crippen molar-refractivity contribution in [3.05, 3.63) is 107 Å². The average Bonchev–Trinajstić information content (AvgIpc) is 3.50. The summed E-state index contributed by atoms with van der Waals surface area (Å²) in [5, 5.41) is 4.05. The first-order valence-electron chi connectivity index (χ1n) is 11.3. The predicted molar refractivity (Wildman–Crippen MR) is 139 cm³/mol. The van der Waals surface area contributed by atoms with E-state index in [4.69, 9.17) is 21.4 Å². The molecule has 6 nitrogen and oxygen atoms in total. The Morgan fingerprint density at radius 1 is 1.03 bits per heavy atom. The fourth-order valence-electron chi connectivity index (χ4n) is 4.44. The zero-order valence-corrected chi connectivity index (χ0v) is 20.5. The van der Waals surface area contributed by atoms with Crippen LogP contribution < -0.4 is 10.2 Å². The zero-order valence-electron chi connectivity index (χ0n) is 19.7. The van der Waals surface area contributed by atoms with Gasteiger partial charge in [0, 0.05) is 17.4 Å². The molecule has 0 radical (unpaired) electrons. The van der Waals surface area contributed by atoms with E-state index in [9.17, 15) is 4.79 Å². The molecule has 2 atom stereocenters. The second-order valence-electron chi connectivity index (χ2n) is 8.50. The molecule has 176 valence electrons. The van der Waals surface area contributed by atoms with E-state index in [1.807, 2.05) is 42.5 Å². The number of aromatic nitrogens is 1. The number of benzene rings is 2. The van der Waals surface area contributed by atoms with E-state index in [1.165, 1.54) is 18.2 Å². The topological polar surface area (TPSA) is 67.6 Å². The first kappa shape index (κ1) is 22.8. The smallest absolute Gasteiger partial charge is 0.338 e. The molecule has 0 spiro atoms. The van der Waals surface area contributed by atoms with Crippen LogP contribution in [0.2, 0.25) is 0 Å². The fourth-order valence-corrected chi connectivity index (χ4v) is 4.79. The number of hydrogen-bond donors (Lipinski definition) is 1. The highest BCUT2D eigenvalue weighted by atomic mass is 32.1. The number of nitrogens with zero attached hydrogens (tertiary/aromatic N) is 2. The van der Waals surface area contributed by atoms with Crippen LogP contribution in [0.15, 0.2) is 83.4 Å². The van der Waals surface area contributed by atoms with E-state index in [0.717, 1.165) is 11.4 Å². The van der Waals surface area contributed by atoms with Crippen LogP contribution in [-0.4, -0.2) is 23.2 Å². The van der Waals surface area contributed by atoms with Crippen molar-refractivity contribution in [3.63, 3.8) is 0 Å². The Hall–Kier alpha value is -3.97. The van der Waals surface area contributed by atoms with Crippen LogP contribution in [0, 0.1) is 13.8 Å². The second kappa shape index (κ2) is 9.35. The van der Waals surface area contributed by atoms with Crippen molar-refractivity contribution in [1.82, 2.24) is 10.3 Å². The molecule has 2 aromatic carbocycles. The number of thiocarbonyl (C=S) groups is 1. The van der Waals surface area contributed by atoms with E-state index < -0.39 is 5.97 Å². The number of anilines is 1. The molecule has 3 heterocycles. The van der Waals surface area contributed by atoms with Crippen molar-refractivity contribution in [2.45, 2.75) is 25.9 Å². The number of esters is 1. The summed E-state index contributed by atoms with van der Waals surface area (Å²) in [7, 11) is 1.37. The average molecular weight is 484 g/mol. The van der Waals surface area contributed by atoms with Crippen LogP contribution in [0.3, 0.4) is 0 Å². The lowest BCUT2D eigenvalue weighted by Crippen LogP contribution is -2.29. The summed E-state index contributed by atoms with van der Waals surface area (Å²) in [6, 6.07) is 22.7. The quantitative estimate of drug-likeness (QED) is 0.279. The molecule has 1 fully saturated rings. The van der Waals surface area contributed by atoms with Crippen molar-refractivity contribution in [2.24, 2.45) is 0 Å². The van der Waals surface area contributed by atoms with Crippen LogP contribution in [0.5, 0.6) is 0 Å². The third kappa shape index (κ3) is 4.19. The fraction of sp³-hybridized carbons (Fsp3) is 0.179. The maximum absolute atomic E-state index is 12.3. The van der Waals surface area contributed by atoms with Crippen LogP contribution in [-0.2, 0) is 4.74 Å². The summed E-state index contributed by atoms with van der Waals surface area (Å²) in [5.74, 6) is 0.880. The Morgan fingerprint density at radius 2 is 1.83 bits per heavy atom. The molecular formula is C28H25N3O3S. The number of aryl methyl sites for hydroxylation is 2. The minimum atomic E-state index is -0.412. The second-order valence-corrected chi connectivity index (χ2v) is 8.89. The molecule has 0 aliphatic carbocycles. The van der Waals surface area contributed by atoms with Crippen molar-refractivity contribution in [3.8, 4) is 11.3 Å². The number of methoxy groups -OCH3 is 1. The highest BCUT2D eigenvalue weighted by Gasteiger charge is 2.42. The number of ether oxygens (including phenoxy) is 1. The molecule has 1 saturated heterocycles. The van der Waals surface area contributed by atoms with Gasteiger partial charge >= 0.3 is 5.97 Å². The summed E-state index contributed by atoms with van der Waals surface area (Å²) in [5.41, 5.74) is 5.34. The molecule has 7 heteroatoms. The van der Waals surface area contributed by atoms with Crippen molar-refractivity contribution in [1.29, 1.82) is 0 Å². The Kier molecular flexibility index (Phi) is 6.09. The van der Waals surface area contributed by atoms with E-state index >= 15 is 0 Å². The first-order chi connectivity index (χ1) is 17.0. The van der Waals surface area contributed by atoms with Crippen molar-refractivity contribution in [2.75, 3.05) is 12.0 Å². The molecule has 0 unspecified atom stereocenters. The highest BCUT2D eigenvalue weighted by Crippen LogP contribution is 2.43. The molecular weight excluding hydrogens is 458 g/mol. The molecule has 1 aliphatic heterocycles. The molecule has 1 N–H and O–H groups in total. The lowest BCUT2D eigenvalue weighted by Gasteiger charge is -2.26. The number of pyridine rings is 1. The minimum Gasteiger partial charge on any atom is -0.465 e. The first-order valence-corrected chi connectivity index (χ1v) is 11.7. The van der Waals surface area contributed by atoms with E-state index in [0.29, 0.717) is 27.8 Å². The SMILES string of the molecule is COC(=O)c1ccccc1-c1ccc([C@@H]2[C@H](c3ccccn3)NC(=S)N2c2ccc(C)c(C)c2)o1. The zero-order chi connectivity index (χ0) is 24.5. The largest absolute Gasteiger partial charge is 0.465 e. The summed E-state index contributed by atoms with van der Waals surface area (Å²) in [4.78, 5) is 19.0. The number of furan rings is 1. The molecule has 1 aliphatic rings. The van der Waals surface area contributed by atoms with Gasteiger partial charge in [0.25, 0.3) is 0 Å². The van der Waals surface area contributed by atoms with Gasteiger partial charge in [0.2, 0.25) is 0 Å². The number of carbonyl (C=O) groups excluding carboxylic acids is 1. The Bertz CT molecular complexity index is 1400. The lowest BCUT2D eigenvalue weighted by molar-refractivity contribution is 0.0601. The van der Waals surface area contributed by atoms with Gasteiger partial charge in [-0.15, -0.1) is 0 Å². The van der Waals surface area contributed by atoms with Gasteiger partial charge in [-0.25, -0.2) is 4.79 Å². The Labute approximate surface area is 209 Å². The number of nitrogens with one attached hydrogen (secondary N) is 1. The van der Waals surface area contributed by atoms with Gasteiger partial charge in [0.15, 0.2) is 5.11 Å². The summed E-state index contributed by atoms with van der Waals surface area (Å²) in [6.07, 6.45) is 1.77. The normalized spacial score (nSPS) is 17.3. The minimum absolute atomic E-state index is 0.222. The molecule has 2 aromatic heterocycles. The summed E-state index contributed by atoms with van der Waals surface area (Å²) >= 11 is 5.81. The van der Waals surface area contributed by atoms with Crippen molar-refractivity contribution < 1.29 is 13.9 Å². The Balaban J connectivity index is 1.62. The maximum atomic E-state index is 12.3. The standard InChI is InChI=1S/C28H25N3O3S/c1-17-11-12-19(16-18(17)2)31-26(25(30-28(31)35)22-10-6-7-15-29-22)24-14-13-23(34-24)20-8-4-5-9-21(20)27(32)33-3/h4-16,25-26H,1-3H3,(H,30,35)/t25-,26+/m0/s1. The van der Waals surface area contributed by atoms with E-state index in [2.05, 4.69) is 47.2 Å².